The van der Waals surface area contributed by atoms with Gasteiger partial charge in [-0.25, -0.2) is 0 Å². The van der Waals surface area contributed by atoms with Crippen molar-refractivity contribution in [1.29, 1.82) is 0 Å². The summed E-state index contributed by atoms with van der Waals surface area (Å²) in [6, 6.07) is 0. The van der Waals surface area contributed by atoms with Crippen LogP contribution >= 0.6 is 7.94 Å². The van der Waals surface area contributed by atoms with Crippen molar-refractivity contribution >= 4 is 7.94 Å². The van der Waals surface area contributed by atoms with Crippen LogP contribution < -0.4 is 0 Å². The first kappa shape index (κ1) is 6.27. The summed E-state index contributed by atoms with van der Waals surface area (Å²) in [5.41, 5.74) is 0. The minimum atomic E-state index is -4.08. The van der Waals surface area contributed by atoms with Crippen LogP contribution in [0.4, 0.5) is 0 Å². The molecule has 5 heteroatoms. The molecule has 40 valence electrons. The number of aliphatic hydroxyl groups excluding tert-OH is 1. The van der Waals surface area contributed by atoms with Crippen molar-refractivity contribution in [2.75, 3.05) is 6.35 Å². The van der Waals surface area contributed by atoms with Gasteiger partial charge in [-0.3, -0.25) is 0 Å². The molecule has 0 rings (SSSR count). The average Bonchev–Trinajstić information content (AvgIpc) is 1.35. The predicted octanol–water partition coefficient (Wildman–Crippen LogP) is -1.59. The van der Waals surface area contributed by atoms with Crippen molar-refractivity contribution < 1.29 is 19.8 Å². The molecule has 0 aromatic carbocycles. The summed E-state index contributed by atoms with van der Waals surface area (Å²) in [5.74, 6) is 0. The molecular formula is CH7O4P. The van der Waals surface area contributed by atoms with E-state index in [4.69, 9.17) is 19.8 Å². The first-order valence-corrected chi connectivity index (χ1v) is 3.39. The molecule has 0 aromatic rings. The second kappa shape index (κ2) is 1.82. The molecule has 0 saturated heterocycles. The van der Waals surface area contributed by atoms with Crippen LogP contribution in [0.15, 0.2) is 0 Å². The zero-order valence-corrected chi connectivity index (χ0v) is 4.00. The molecule has 0 aliphatic carbocycles. The monoisotopic (exact) mass is 114 g/mol. The van der Waals surface area contributed by atoms with Gasteiger partial charge in [0.15, 0.2) is 0 Å². The fourth-order valence-corrected chi connectivity index (χ4v) is 0. The second-order valence-electron chi connectivity index (χ2n) is 0.932. The number of rotatable bonds is 1. The third-order valence-corrected chi connectivity index (χ3v) is 0.636. The first-order chi connectivity index (χ1) is 2.56. The Hall–Kier alpha value is 0.270. The van der Waals surface area contributed by atoms with Crippen LogP contribution in [-0.4, -0.2) is 26.1 Å². The zero-order chi connectivity index (χ0) is 5.21. The Balaban J connectivity index is 3.17. The fourth-order valence-electron chi connectivity index (χ4n) is 0. The molecule has 4 N–H and O–H groups in total. The van der Waals surface area contributed by atoms with E-state index in [1.54, 1.807) is 0 Å². The summed E-state index contributed by atoms with van der Waals surface area (Å²) >= 11 is 0. The van der Waals surface area contributed by atoms with E-state index in [-0.39, 0.29) is 0 Å². The summed E-state index contributed by atoms with van der Waals surface area (Å²) in [5, 5.41) is 7.71. The van der Waals surface area contributed by atoms with Gasteiger partial charge in [-0.1, -0.05) is 0 Å². The third kappa shape index (κ3) is 4.27. The normalized spacial score (nSPS) is 14.7. The van der Waals surface area contributed by atoms with E-state index >= 15 is 0 Å². The van der Waals surface area contributed by atoms with Crippen molar-refractivity contribution in [2.45, 2.75) is 0 Å². The Kier molecular flexibility index (Phi) is 1.90. The summed E-state index contributed by atoms with van der Waals surface area (Å²) in [7, 11) is -4.08. The van der Waals surface area contributed by atoms with Crippen LogP contribution in [0.2, 0.25) is 0 Å². The average molecular weight is 114 g/mol. The molecule has 0 radical (unpaired) electrons. The van der Waals surface area contributed by atoms with Crippen LogP contribution in [0.5, 0.6) is 0 Å². The van der Waals surface area contributed by atoms with Crippen molar-refractivity contribution in [2.24, 2.45) is 0 Å². The summed E-state index contributed by atoms with van der Waals surface area (Å²) in [4.78, 5) is 23.5. The third-order valence-electron chi connectivity index (χ3n) is 0.212. The van der Waals surface area contributed by atoms with Gasteiger partial charge in [0.1, 0.15) is 0 Å². The Bertz CT molecular complexity index is 37.3. The molecule has 4 nitrogen and oxygen atoms in total. The Morgan fingerprint density at radius 1 is 1.17 bits per heavy atom. The van der Waals surface area contributed by atoms with Gasteiger partial charge in [-0.15, -0.1) is 0 Å². The van der Waals surface area contributed by atoms with Crippen LogP contribution in [0, 0.1) is 0 Å². The molecule has 0 aliphatic rings. The van der Waals surface area contributed by atoms with Crippen molar-refractivity contribution in [3.63, 3.8) is 0 Å². The summed E-state index contributed by atoms with van der Waals surface area (Å²) in [6.07, 6.45) is -0.924. The van der Waals surface area contributed by atoms with E-state index in [2.05, 4.69) is 0 Å². The van der Waals surface area contributed by atoms with Crippen molar-refractivity contribution in [1.82, 2.24) is 0 Å². The number of hydrogen-bond donors (Lipinski definition) is 4. The number of aliphatic hydroxyl groups is 1. The molecule has 0 amide bonds. The van der Waals surface area contributed by atoms with Crippen LogP contribution in [-0.2, 0) is 0 Å². The van der Waals surface area contributed by atoms with E-state index in [1.165, 1.54) is 0 Å². The molecule has 0 bridgehead atoms. The Labute approximate surface area is 35.3 Å². The van der Waals surface area contributed by atoms with E-state index < -0.39 is 14.3 Å². The first-order valence-electron chi connectivity index (χ1n) is 1.34. The van der Waals surface area contributed by atoms with Gasteiger partial charge in [0.25, 0.3) is 0 Å². The van der Waals surface area contributed by atoms with E-state index in [0.717, 1.165) is 0 Å². The zero-order valence-electron chi connectivity index (χ0n) is 3.00. The van der Waals surface area contributed by atoms with Gasteiger partial charge in [-0.05, 0) is 0 Å². The van der Waals surface area contributed by atoms with Gasteiger partial charge >= 0.3 is 34.1 Å². The molecule has 6 heavy (non-hydrogen) atoms. The van der Waals surface area contributed by atoms with E-state index in [9.17, 15) is 0 Å². The summed E-state index contributed by atoms with van der Waals surface area (Å²) in [6.45, 7) is 0. The molecule has 0 saturated carbocycles. The second-order valence-corrected chi connectivity index (χ2v) is 2.80. The topological polar surface area (TPSA) is 80.9 Å². The molecule has 0 aliphatic heterocycles. The molecule has 0 heterocycles. The fraction of sp³-hybridized carbons (Fsp3) is 1.00. The summed E-state index contributed by atoms with van der Waals surface area (Å²) < 4.78 is 0. The maximum absolute atomic E-state index is 7.83. The van der Waals surface area contributed by atoms with Gasteiger partial charge < -0.3 is 0 Å². The van der Waals surface area contributed by atoms with E-state index in [0.29, 0.717) is 0 Å². The molecule has 0 unspecified atom stereocenters. The maximum atomic E-state index is 7.83. The molecule has 0 aromatic heterocycles. The van der Waals surface area contributed by atoms with Crippen molar-refractivity contribution in [3.8, 4) is 0 Å². The van der Waals surface area contributed by atoms with Crippen LogP contribution in [0.25, 0.3) is 0 Å². The predicted molar refractivity (Wildman–Crippen MR) is 22.1 cm³/mol. The quantitative estimate of drug-likeness (QED) is 0.310. The molecule has 0 spiro atoms. The molecule has 0 atom stereocenters. The van der Waals surface area contributed by atoms with Gasteiger partial charge in [-0.2, -0.15) is 0 Å². The SMILES string of the molecule is OC[PH](O)(O)O. The standard InChI is InChI=1S/CH7O4P/c2-1-6(3,4)5/h2-6H,1H2. The minimum absolute atomic E-state index is 0.924. The van der Waals surface area contributed by atoms with Crippen LogP contribution in [0.3, 0.4) is 0 Å². The number of hydrogen-bond acceptors (Lipinski definition) is 4. The Morgan fingerprint density at radius 3 is 1.33 bits per heavy atom. The van der Waals surface area contributed by atoms with Gasteiger partial charge in [0.2, 0.25) is 0 Å². The van der Waals surface area contributed by atoms with Crippen LogP contribution in [0.1, 0.15) is 0 Å². The molecule has 0 fully saturated rings. The Morgan fingerprint density at radius 2 is 1.33 bits per heavy atom. The van der Waals surface area contributed by atoms with Crippen molar-refractivity contribution in [3.05, 3.63) is 0 Å². The van der Waals surface area contributed by atoms with E-state index in [1.807, 2.05) is 0 Å². The van der Waals surface area contributed by atoms with Gasteiger partial charge in [0, 0.05) is 0 Å². The molecular weight excluding hydrogens is 107 g/mol. The van der Waals surface area contributed by atoms with Gasteiger partial charge in [0.05, 0.1) is 0 Å².